The van der Waals surface area contributed by atoms with Gasteiger partial charge < -0.3 is 9.88 Å². The van der Waals surface area contributed by atoms with E-state index in [9.17, 15) is 18.9 Å². The normalized spacial score (nSPS) is 10.8. The average molecular weight is 282 g/mol. The number of aryl methyl sites for hydroxylation is 1. The van der Waals surface area contributed by atoms with E-state index in [0.29, 0.717) is 5.82 Å². The number of nitro benzene ring substituents is 1. The van der Waals surface area contributed by atoms with E-state index >= 15 is 0 Å². The molecule has 106 valence electrons. The third kappa shape index (κ3) is 2.90. The standard InChI is InChI=1S/C12H12F2N4O2/c1-17-5-4-15-11(17)7-16-10-3-2-8(18(19)20)6-9(10)12(13)14/h2-6,12,16H,7H2,1H3. The molecule has 0 spiro atoms. The molecule has 0 saturated carbocycles. The number of hydrogen-bond donors (Lipinski definition) is 1. The highest BCUT2D eigenvalue weighted by Crippen LogP contribution is 2.30. The third-order valence-electron chi connectivity index (χ3n) is 2.84. The Labute approximate surface area is 113 Å². The molecule has 2 aromatic rings. The zero-order valence-corrected chi connectivity index (χ0v) is 10.6. The van der Waals surface area contributed by atoms with Gasteiger partial charge in [0.15, 0.2) is 0 Å². The Hall–Kier alpha value is -2.51. The van der Waals surface area contributed by atoms with Crippen LogP contribution >= 0.6 is 0 Å². The molecule has 0 saturated heterocycles. The highest BCUT2D eigenvalue weighted by molar-refractivity contribution is 5.56. The maximum absolute atomic E-state index is 12.9. The highest BCUT2D eigenvalue weighted by atomic mass is 19.3. The van der Waals surface area contributed by atoms with Gasteiger partial charge in [0.1, 0.15) is 5.82 Å². The summed E-state index contributed by atoms with van der Waals surface area (Å²) in [4.78, 5) is 14.0. The van der Waals surface area contributed by atoms with Crippen molar-refractivity contribution < 1.29 is 13.7 Å². The van der Waals surface area contributed by atoms with E-state index in [-0.39, 0.29) is 17.9 Å². The van der Waals surface area contributed by atoms with Gasteiger partial charge in [-0.3, -0.25) is 10.1 Å². The molecule has 0 amide bonds. The van der Waals surface area contributed by atoms with Crippen LogP contribution in [0.5, 0.6) is 0 Å². The molecule has 1 N–H and O–H groups in total. The topological polar surface area (TPSA) is 73.0 Å². The summed E-state index contributed by atoms with van der Waals surface area (Å²) in [5.74, 6) is 0.670. The van der Waals surface area contributed by atoms with Crippen molar-refractivity contribution in [1.29, 1.82) is 0 Å². The van der Waals surface area contributed by atoms with Crippen molar-refractivity contribution in [3.8, 4) is 0 Å². The van der Waals surface area contributed by atoms with Gasteiger partial charge in [-0.2, -0.15) is 0 Å². The first-order chi connectivity index (χ1) is 9.49. The third-order valence-corrected chi connectivity index (χ3v) is 2.84. The van der Waals surface area contributed by atoms with E-state index in [0.717, 1.165) is 6.07 Å². The van der Waals surface area contributed by atoms with Gasteiger partial charge >= 0.3 is 0 Å². The molecule has 0 aliphatic carbocycles. The molecule has 2 rings (SSSR count). The summed E-state index contributed by atoms with van der Waals surface area (Å²) in [5, 5.41) is 13.4. The molecule has 0 atom stereocenters. The van der Waals surface area contributed by atoms with Gasteiger partial charge in [0.2, 0.25) is 0 Å². The Balaban J connectivity index is 2.22. The first kappa shape index (κ1) is 13.9. The molecule has 0 radical (unpaired) electrons. The molecule has 1 heterocycles. The SMILES string of the molecule is Cn1ccnc1CNc1ccc([N+](=O)[O-])cc1C(F)F. The number of imidazole rings is 1. The fraction of sp³-hybridized carbons (Fsp3) is 0.250. The number of aromatic nitrogens is 2. The van der Waals surface area contributed by atoms with Gasteiger partial charge in [0.05, 0.1) is 11.5 Å². The van der Waals surface area contributed by atoms with E-state index in [1.54, 1.807) is 24.0 Å². The quantitative estimate of drug-likeness (QED) is 0.676. The van der Waals surface area contributed by atoms with E-state index < -0.39 is 16.9 Å². The maximum Gasteiger partial charge on any atom is 0.270 e. The molecule has 1 aromatic heterocycles. The summed E-state index contributed by atoms with van der Waals surface area (Å²) in [6.45, 7) is 0.251. The number of anilines is 1. The first-order valence-electron chi connectivity index (χ1n) is 5.75. The molecule has 0 bridgehead atoms. The van der Waals surface area contributed by atoms with Crippen LogP contribution in [0.15, 0.2) is 30.6 Å². The van der Waals surface area contributed by atoms with Crippen molar-refractivity contribution in [2.45, 2.75) is 13.0 Å². The molecular weight excluding hydrogens is 270 g/mol. The monoisotopic (exact) mass is 282 g/mol. The second-order valence-corrected chi connectivity index (χ2v) is 4.14. The minimum absolute atomic E-state index is 0.161. The number of non-ortho nitro benzene ring substituents is 1. The minimum atomic E-state index is -2.79. The lowest BCUT2D eigenvalue weighted by molar-refractivity contribution is -0.385. The molecule has 0 aliphatic rings. The van der Waals surface area contributed by atoms with Crippen molar-refractivity contribution >= 4 is 11.4 Å². The number of rotatable bonds is 5. The molecule has 1 aromatic carbocycles. The number of alkyl halides is 2. The smallest absolute Gasteiger partial charge is 0.270 e. The van der Waals surface area contributed by atoms with Crippen molar-refractivity contribution in [3.63, 3.8) is 0 Å². The van der Waals surface area contributed by atoms with Gasteiger partial charge in [-0.15, -0.1) is 0 Å². The summed E-state index contributed by atoms with van der Waals surface area (Å²) in [6, 6.07) is 3.35. The summed E-state index contributed by atoms with van der Waals surface area (Å²) in [6.07, 6.45) is 0.542. The van der Waals surface area contributed by atoms with Crippen LogP contribution in [-0.2, 0) is 13.6 Å². The molecule has 8 heteroatoms. The van der Waals surface area contributed by atoms with Crippen LogP contribution in [0.1, 0.15) is 17.8 Å². The lowest BCUT2D eigenvalue weighted by Crippen LogP contribution is -2.07. The molecule has 0 unspecified atom stereocenters. The number of benzene rings is 1. The molecule has 0 fully saturated rings. The lowest BCUT2D eigenvalue weighted by atomic mass is 10.1. The minimum Gasteiger partial charge on any atom is -0.377 e. The summed E-state index contributed by atoms with van der Waals surface area (Å²) >= 11 is 0. The highest BCUT2D eigenvalue weighted by Gasteiger charge is 2.18. The summed E-state index contributed by atoms with van der Waals surface area (Å²) in [5.41, 5.74) is -0.593. The molecule has 6 nitrogen and oxygen atoms in total. The zero-order valence-electron chi connectivity index (χ0n) is 10.6. The predicted octanol–water partition coefficient (Wildman–Crippen LogP) is 2.88. The van der Waals surface area contributed by atoms with Crippen molar-refractivity contribution in [2.75, 3.05) is 5.32 Å². The lowest BCUT2D eigenvalue weighted by Gasteiger charge is -2.11. The zero-order chi connectivity index (χ0) is 14.7. The average Bonchev–Trinajstić information content (AvgIpc) is 2.81. The van der Waals surface area contributed by atoms with E-state index in [4.69, 9.17) is 0 Å². The first-order valence-corrected chi connectivity index (χ1v) is 5.75. The summed E-state index contributed by atoms with van der Waals surface area (Å²) < 4.78 is 27.6. The van der Waals surface area contributed by atoms with Crippen molar-refractivity contribution in [2.24, 2.45) is 7.05 Å². The Morgan fingerprint density at radius 1 is 1.50 bits per heavy atom. The Morgan fingerprint density at radius 2 is 2.25 bits per heavy atom. The largest absolute Gasteiger partial charge is 0.377 e. The second kappa shape index (κ2) is 5.64. The Kier molecular flexibility index (Phi) is 3.92. The van der Waals surface area contributed by atoms with Crippen LogP contribution in [0, 0.1) is 10.1 Å². The van der Waals surface area contributed by atoms with Crippen LogP contribution in [0.25, 0.3) is 0 Å². The Bertz CT molecular complexity index is 628. The second-order valence-electron chi connectivity index (χ2n) is 4.14. The number of nitrogens with one attached hydrogen (secondary N) is 1. The fourth-order valence-corrected chi connectivity index (χ4v) is 1.75. The maximum atomic E-state index is 12.9. The van der Waals surface area contributed by atoms with E-state index in [2.05, 4.69) is 10.3 Å². The Morgan fingerprint density at radius 3 is 2.80 bits per heavy atom. The van der Waals surface area contributed by atoms with Gasteiger partial charge in [-0.1, -0.05) is 0 Å². The predicted molar refractivity (Wildman–Crippen MR) is 68.6 cm³/mol. The number of nitrogens with zero attached hydrogens (tertiary/aromatic N) is 3. The van der Waals surface area contributed by atoms with E-state index in [1.165, 1.54) is 12.1 Å². The van der Waals surface area contributed by atoms with Crippen LogP contribution < -0.4 is 5.32 Å². The molecule has 20 heavy (non-hydrogen) atoms. The van der Waals surface area contributed by atoms with Crippen LogP contribution in [-0.4, -0.2) is 14.5 Å². The molecule has 0 aliphatic heterocycles. The van der Waals surface area contributed by atoms with Crippen LogP contribution in [0.4, 0.5) is 20.2 Å². The molecular formula is C12H12F2N4O2. The van der Waals surface area contributed by atoms with Gasteiger partial charge in [-0.05, 0) is 6.07 Å². The van der Waals surface area contributed by atoms with E-state index in [1.807, 2.05) is 0 Å². The van der Waals surface area contributed by atoms with Crippen LogP contribution in [0.3, 0.4) is 0 Å². The summed E-state index contributed by atoms with van der Waals surface area (Å²) in [7, 11) is 1.79. The van der Waals surface area contributed by atoms with Gasteiger partial charge in [0, 0.05) is 42.8 Å². The van der Waals surface area contributed by atoms with Gasteiger partial charge in [-0.25, -0.2) is 13.8 Å². The van der Waals surface area contributed by atoms with Gasteiger partial charge in [0.25, 0.3) is 12.1 Å². The number of hydrogen-bond acceptors (Lipinski definition) is 4. The van der Waals surface area contributed by atoms with Crippen molar-refractivity contribution in [1.82, 2.24) is 9.55 Å². The fourth-order valence-electron chi connectivity index (χ4n) is 1.75. The number of halogens is 2. The van der Waals surface area contributed by atoms with Crippen molar-refractivity contribution in [3.05, 3.63) is 52.1 Å². The number of nitro groups is 1. The van der Waals surface area contributed by atoms with Crippen LogP contribution in [0.2, 0.25) is 0 Å².